The van der Waals surface area contributed by atoms with Gasteiger partial charge in [0.25, 0.3) is 0 Å². The van der Waals surface area contributed by atoms with Gasteiger partial charge in [0.2, 0.25) is 0 Å². The van der Waals surface area contributed by atoms with E-state index < -0.39 is 0 Å². The Kier molecular flexibility index (Phi) is 9.10. The second-order valence-electron chi connectivity index (χ2n) is 9.26. The number of methoxy groups -OCH3 is 2. The zero-order chi connectivity index (χ0) is 20.6. The van der Waals surface area contributed by atoms with E-state index in [0.29, 0.717) is 17.4 Å². The van der Waals surface area contributed by atoms with Crippen molar-refractivity contribution in [3.63, 3.8) is 0 Å². The Morgan fingerprint density at radius 3 is 2.50 bits per heavy atom. The topological polar surface area (TPSA) is 44.3 Å². The van der Waals surface area contributed by atoms with Crippen LogP contribution in [0.5, 0.6) is 11.5 Å². The molecule has 0 aliphatic carbocycles. The lowest BCUT2D eigenvalue weighted by molar-refractivity contribution is -0.672. The molecular weight excluding hydrogens is 350 g/mol. The van der Waals surface area contributed by atoms with Crippen molar-refractivity contribution in [1.82, 2.24) is 0 Å². The third-order valence-electron chi connectivity index (χ3n) is 6.30. The summed E-state index contributed by atoms with van der Waals surface area (Å²) in [6, 6.07) is 6.22. The molecule has 0 unspecified atom stereocenters. The minimum absolute atomic E-state index is 0.423. The second-order valence-corrected chi connectivity index (χ2v) is 9.26. The molecule has 1 heterocycles. The van der Waals surface area contributed by atoms with Crippen molar-refractivity contribution >= 4 is 0 Å². The van der Waals surface area contributed by atoms with E-state index in [-0.39, 0.29) is 0 Å². The van der Waals surface area contributed by atoms with Crippen molar-refractivity contribution in [1.29, 1.82) is 0 Å². The van der Waals surface area contributed by atoms with Crippen molar-refractivity contribution in [3.05, 3.63) is 23.8 Å². The van der Waals surface area contributed by atoms with Crippen LogP contribution in [0.1, 0.15) is 65.4 Å². The molecular formula is C24H42NO3+. The van der Waals surface area contributed by atoms with Gasteiger partial charge in [0.15, 0.2) is 11.5 Å². The standard InChI is InChI=1S/C24H41NO3/c1-18(2)9-10-24(12-14-28-23(16-24)19(3)4)11-13-25-17-20-7-8-21(26-5)22(15-20)27-6/h7-8,15,18-19,23,25H,9-14,16-17H2,1-6H3/p+1/t23-,24+/m0/s1. The predicted octanol–water partition coefficient (Wildman–Crippen LogP) is 4.41. The summed E-state index contributed by atoms with van der Waals surface area (Å²) in [5.41, 5.74) is 1.73. The summed E-state index contributed by atoms with van der Waals surface area (Å²) in [6.45, 7) is 12.4. The van der Waals surface area contributed by atoms with Crippen LogP contribution in [0.4, 0.5) is 0 Å². The highest BCUT2D eigenvalue weighted by molar-refractivity contribution is 5.42. The van der Waals surface area contributed by atoms with Gasteiger partial charge in [-0.15, -0.1) is 0 Å². The van der Waals surface area contributed by atoms with Crippen molar-refractivity contribution < 1.29 is 19.5 Å². The monoisotopic (exact) mass is 392 g/mol. The van der Waals surface area contributed by atoms with Crippen LogP contribution in [0, 0.1) is 17.3 Å². The van der Waals surface area contributed by atoms with E-state index in [1.807, 2.05) is 6.07 Å². The molecule has 0 bridgehead atoms. The number of quaternary nitrogens is 1. The summed E-state index contributed by atoms with van der Waals surface area (Å²) in [5, 5.41) is 2.44. The smallest absolute Gasteiger partial charge is 0.161 e. The number of rotatable bonds is 11. The van der Waals surface area contributed by atoms with Gasteiger partial charge in [-0.3, -0.25) is 0 Å². The van der Waals surface area contributed by atoms with Crippen LogP contribution in [0.3, 0.4) is 0 Å². The maximum Gasteiger partial charge on any atom is 0.161 e. The molecule has 2 atom stereocenters. The number of hydrogen-bond acceptors (Lipinski definition) is 3. The molecule has 0 radical (unpaired) electrons. The molecule has 0 amide bonds. The molecule has 4 nitrogen and oxygen atoms in total. The molecule has 1 aliphatic rings. The van der Waals surface area contributed by atoms with Gasteiger partial charge in [-0.05, 0) is 54.7 Å². The molecule has 1 aromatic rings. The number of ether oxygens (including phenoxy) is 3. The molecule has 4 heteroatoms. The maximum absolute atomic E-state index is 6.09. The highest BCUT2D eigenvalue weighted by Gasteiger charge is 2.37. The number of nitrogens with two attached hydrogens (primary N) is 1. The van der Waals surface area contributed by atoms with Crippen molar-refractivity contribution in [2.45, 2.75) is 72.4 Å². The quantitative estimate of drug-likeness (QED) is 0.567. The molecule has 1 aliphatic heterocycles. The van der Waals surface area contributed by atoms with Gasteiger partial charge < -0.3 is 19.5 Å². The van der Waals surface area contributed by atoms with Gasteiger partial charge in [0.05, 0.1) is 26.9 Å². The SMILES string of the molecule is COc1ccc(C[NH2+]CC[C@]2(CCC(C)C)CCO[C@H](C(C)C)C2)cc1OC. The van der Waals surface area contributed by atoms with Crippen LogP contribution in [-0.4, -0.2) is 33.5 Å². The summed E-state index contributed by atoms with van der Waals surface area (Å²) in [4.78, 5) is 0. The van der Waals surface area contributed by atoms with Gasteiger partial charge in [0.1, 0.15) is 6.54 Å². The van der Waals surface area contributed by atoms with Gasteiger partial charge in [-0.25, -0.2) is 0 Å². The molecule has 2 rings (SSSR count). The summed E-state index contributed by atoms with van der Waals surface area (Å²) in [6.07, 6.45) is 6.79. The third kappa shape index (κ3) is 6.66. The van der Waals surface area contributed by atoms with E-state index in [1.54, 1.807) is 14.2 Å². The molecule has 1 aromatic carbocycles. The number of benzene rings is 1. The molecule has 160 valence electrons. The second kappa shape index (κ2) is 11.1. The Balaban J connectivity index is 1.92. The van der Waals surface area contributed by atoms with E-state index in [9.17, 15) is 0 Å². The first kappa shape index (κ1) is 23.0. The van der Waals surface area contributed by atoms with Gasteiger partial charge >= 0.3 is 0 Å². The summed E-state index contributed by atoms with van der Waals surface area (Å²) in [7, 11) is 3.37. The first-order valence-electron chi connectivity index (χ1n) is 11.0. The normalized spacial score (nSPS) is 22.6. The highest BCUT2D eigenvalue weighted by Crippen LogP contribution is 2.43. The van der Waals surface area contributed by atoms with E-state index >= 15 is 0 Å². The van der Waals surface area contributed by atoms with E-state index in [2.05, 4.69) is 45.1 Å². The van der Waals surface area contributed by atoms with Crippen LogP contribution < -0.4 is 14.8 Å². The minimum atomic E-state index is 0.423. The molecule has 2 N–H and O–H groups in total. The molecule has 1 saturated heterocycles. The van der Waals surface area contributed by atoms with Crippen LogP contribution in [0.15, 0.2) is 18.2 Å². The van der Waals surface area contributed by atoms with Crippen LogP contribution in [-0.2, 0) is 11.3 Å². The Morgan fingerprint density at radius 2 is 1.86 bits per heavy atom. The Bertz CT molecular complexity index is 587. The maximum atomic E-state index is 6.09. The van der Waals surface area contributed by atoms with Gasteiger partial charge in [-0.1, -0.05) is 34.1 Å². The lowest BCUT2D eigenvalue weighted by Crippen LogP contribution is -2.83. The molecule has 1 fully saturated rings. The first-order chi connectivity index (χ1) is 13.4. The van der Waals surface area contributed by atoms with E-state index in [4.69, 9.17) is 14.2 Å². The van der Waals surface area contributed by atoms with Crippen LogP contribution >= 0.6 is 0 Å². The average Bonchev–Trinajstić information content (AvgIpc) is 2.69. The van der Waals surface area contributed by atoms with Crippen molar-refractivity contribution in [2.24, 2.45) is 17.3 Å². The largest absolute Gasteiger partial charge is 0.493 e. The zero-order valence-corrected chi connectivity index (χ0v) is 18.9. The van der Waals surface area contributed by atoms with E-state index in [0.717, 1.165) is 37.1 Å². The molecule has 0 aromatic heterocycles. The van der Waals surface area contributed by atoms with Crippen molar-refractivity contribution in [2.75, 3.05) is 27.4 Å². The Hall–Kier alpha value is -1.26. The number of hydrogen-bond donors (Lipinski definition) is 1. The third-order valence-corrected chi connectivity index (χ3v) is 6.30. The van der Waals surface area contributed by atoms with E-state index in [1.165, 1.54) is 37.7 Å². The summed E-state index contributed by atoms with van der Waals surface area (Å²) in [5.74, 6) is 2.98. The zero-order valence-electron chi connectivity index (χ0n) is 18.9. The molecule has 0 saturated carbocycles. The fraction of sp³-hybridized carbons (Fsp3) is 0.750. The summed E-state index contributed by atoms with van der Waals surface area (Å²) < 4.78 is 16.9. The minimum Gasteiger partial charge on any atom is -0.493 e. The summed E-state index contributed by atoms with van der Waals surface area (Å²) >= 11 is 0. The van der Waals surface area contributed by atoms with Crippen LogP contribution in [0.25, 0.3) is 0 Å². The lowest BCUT2D eigenvalue weighted by atomic mass is 9.69. The average molecular weight is 393 g/mol. The highest BCUT2D eigenvalue weighted by atomic mass is 16.5. The molecule has 0 spiro atoms. The fourth-order valence-electron chi connectivity index (χ4n) is 4.30. The Labute approximate surface area is 172 Å². The predicted molar refractivity (Wildman–Crippen MR) is 115 cm³/mol. The van der Waals surface area contributed by atoms with Crippen LogP contribution in [0.2, 0.25) is 0 Å². The van der Waals surface area contributed by atoms with Crippen molar-refractivity contribution in [3.8, 4) is 11.5 Å². The van der Waals surface area contributed by atoms with Gasteiger partial charge in [0, 0.05) is 18.6 Å². The molecule has 28 heavy (non-hydrogen) atoms. The lowest BCUT2D eigenvalue weighted by Gasteiger charge is -2.42. The first-order valence-corrected chi connectivity index (χ1v) is 11.0. The fourth-order valence-corrected chi connectivity index (χ4v) is 4.30. The Morgan fingerprint density at radius 1 is 1.11 bits per heavy atom. The van der Waals surface area contributed by atoms with Gasteiger partial charge in [-0.2, -0.15) is 0 Å².